The fraction of sp³-hybridized carbons (Fsp3) is 0.143. The molecule has 1 aliphatic rings. The molecule has 0 aliphatic carbocycles. The number of carbonyl (C=O) groups is 2. The summed E-state index contributed by atoms with van der Waals surface area (Å²) in [5.74, 6) is 0.120. The highest BCUT2D eigenvalue weighted by molar-refractivity contribution is 8.18. The molecule has 0 N–H and O–H groups in total. The molecule has 150 valence electrons. The van der Waals surface area contributed by atoms with Gasteiger partial charge in [-0.25, -0.2) is 4.39 Å². The van der Waals surface area contributed by atoms with Crippen LogP contribution in [0.5, 0.6) is 11.5 Å². The van der Waals surface area contributed by atoms with E-state index in [0.29, 0.717) is 29.2 Å². The quantitative estimate of drug-likeness (QED) is 0.438. The third kappa shape index (κ3) is 4.81. The number of nitrogens with zero attached hydrogens (tertiary/aromatic N) is 1. The number of benzene rings is 2. The Labute approximate surface area is 176 Å². The highest BCUT2D eigenvalue weighted by Crippen LogP contribution is 2.36. The Balaban J connectivity index is 1.81. The predicted octanol–water partition coefficient (Wildman–Crippen LogP) is 5.29. The van der Waals surface area contributed by atoms with E-state index in [0.717, 1.165) is 22.7 Å². The maximum absolute atomic E-state index is 13.2. The SMILES string of the molecule is C=CCOc1ccc(/C=C2\SC(=O)N(Cc3ccc(F)cc3Cl)C2=O)cc1OC. The first-order valence-electron chi connectivity index (χ1n) is 8.54. The lowest BCUT2D eigenvalue weighted by atomic mass is 10.1. The first-order valence-corrected chi connectivity index (χ1v) is 9.73. The number of hydrogen-bond acceptors (Lipinski definition) is 5. The molecule has 0 unspecified atom stereocenters. The molecule has 1 heterocycles. The average molecular weight is 434 g/mol. The van der Waals surface area contributed by atoms with Crippen LogP contribution in [0.2, 0.25) is 5.02 Å². The minimum absolute atomic E-state index is 0.0290. The van der Waals surface area contributed by atoms with Gasteiger partial charge >= 0.3 is 0 Å². The molecule has 0 atom stereocenters. The van der Waals surface area contributed by atoms with E-state index in [9.17, 15) is 14.0 Å². The van der Waals surface area contributed by atoms with Crippen LogP contribution in [0.1, 0.15) is 11.1 Å². The molecule has 8 heteroatoms. The molecule has 2 aromatic carbocycles. The van der Waals surface area contributed by atoms with Crippen LogP contribution < -0.4 is 9.47 Å². The number of thioether (sulfide) groups is 1. The van der Waals surface area contributed by atoms with Crippen molar-refractivity contribution in [2.45, 2.75) is 6.54 Å². The molecule has 5 nitrogen and oxygen atoms in total. The van der Waals surface area contributed by atoms with Crippen molar-refractivity contribution in [1.82, 2.24) is 4.90 Å². The number of ether oxygens (including phenoxy) is 2. The number of rotatable bonds is 7. The normalized spacial score (nSPS) is 15.1. The molecule has 0 saturated carbocycles. The molecule has 0 bridgehead atoms. The van der Waals surface area contributed by atoms with Crippen molar-refractivity contribution < 1.29 is 23.5 Å². The van der Waals surface area contributed by atoms with Gasteiger partial charge in [0.15, 0.2) is 11.5 Å². The molecule has 0 aromatic heterocycles. The molecular formula is C21H17ClFNO4S. The fourth-order valence-electron chi connectivity index (χ4n) is 2.65. The molecule has 2 aromatic rings. The second-order valence-electron chi connectivity index (χ2n) is 6.01. The summed E-state index contributed by atoms with van der Waals surface area (Å²) in [5, 5.41) is -0.257. The smallest absolute Gasteiger partial charge is 0.293 e. The third-order valence-corrected chi connectivity index (χ3v) is 5.32. The summed E-state index contributed by atoms with van der Waals surface area (Å²) in [5.41, 5.74) is 1.17. The lowest BCUT2D eigenvalue weighted by Gasteiger charge is -2.13. The van der Waals surface area contributed by atoms with Gasteiger partial charge in [-0.15, -0.1) is 0 Å². The Morgan fingerprint density at radius 3 is 2.69 bits per heavy atom. The number of imide groups is 1. The van der Waals surface area contributed by atoms with Crippen molar-refractivity contribution >= 4 is 40.6 Å². The van der Waals surface area contributed by atoms with Gasteiger partial charge in [0.25, 0.3) is 11.1 Å². The molecule has 29 heavy (non-hydrogen) atoms. The molecule has 1 fully saturated rings. The summed E-state index contributed by atoms with van der Waals surface area (Å²) >= 11 is 6.84. The van der Waals surface area contributed by atoms with Crippen molar-refractivity contribution in [1.29, 1.82) is 0 Å². The van der Waals surface area contributed by atoms with Crippen molar-refractivity contribution in [3.05, 3.63) is 75.9 Å². The summed E-state index contributed by atoms with van der Waals surface area (Å²) in [6, 6.07) is 9.02. The maximum Gasteiger partial charge on any atom is 0.293 e. The van der Waals surface area contributed by atoms with Crippen molar-refractivity contribution in [3.8, 4) is 11.5 Å². The van der Waals surface area contributed by atoms with Gasteiger partial charge < -0.3 is 9.47 Å². The van der Waals surface area contributed by atoms with Crippen LogP contribution in [0.15, 0.2) is 54.0 Å². The summed E-state index contributed by atoms with van der Waals surface area (Å²) in [6.07, 6.45) is 3.23. The molecule has 0 radical (unpaired) electrons. The van der Waals surface area contributed by atoms with Gasteiger partial charge in [0, 0.05) is 5.02 Å². The number of carbonyl (C=O) groups excluding carboxylic acids is 2. The Morgan fingerprint density at radius 1 is 1.21 bits per heavy atom. The Morgan fingerprint density at radius 2 is 2.00 bits per heavy atom. The molecule has 0 spiro atoms. The van der Waals surface area contributed by atoms with Gasteiger partial charge in [-0.05, 0) is 53.2 Å². The third-order valence-electron chi connectivity index (χ3n) is 4.06. The molecule has 2 amide bonds. The number of hydrogen-bond donors (Lipinski definition) is 0. The highest BCUT2D eigenvalue weighted by atomic mass is 35.5. The van der Waals surface area contributed by atoms with Crippen molar-refractivity contribution in [3.63, 3.8) is 0 Å². The van der Waals surface area contributed by atoms with Crippen molar-refractivity contribution in [2.24, 2.45) is 0 Å². The summed E-state index contributed by atoms with van der Waals surface area (Å²) in [4.78, 5) is 26.4. The fourth-order valence-corrected chi connectivity index (χ4v) is 3.72. The van der Waals surface area contributed by atoms with Crippen LogP contribution in [-0.2, 0) is 11.3 Å². The maximum atomic E-state index is 13.2. The van der Waals surface area contributed by atoms with Gasteiger partial charge in [-0.3, -0.25) is 14.5 Å². The lowest BCUT2D eigenvalue weighted by molar-refractivity contribution is -0.123. The molecule has 1 saturated heterocycles. The highest BCUT2D eigenvalue weighted by Gasteiger charge is 2.35. The summed E-state index contributed by atoms with van der Waals surface area (Å²) < 4.78 is 24.0. The van der Waals surface area contributed by atoms with Crippen LogP contribution in [0.4, 0.5) is 9.18 Å². The minimum atomic E-state index is -0.484. The van der Waals surface area contributed by atoms with Crippen LogP contribution in [0, 0.1) is 5.82 Å². The first-order chi connectivity index (χ1) is 13.9. The van der Waals surface area contributed by atoms with E-state index >= 15 is 0 Å². The van der Waals surface area contributed by atoms with E-state index in [-0.39, 0.29) is 16.5 Å². The van der Waals surface area contributed by atoms with Crippen LogP contribution in [-0.4, -0.2) is 29.8 Å². The summed E-state index contributed by atoms with van der Waals surface area (Å²) in [7, 11) is 1.51. The van der Waals surface area contributed by atoms with Crippen LogP contribution in [0.25, 0.3) is 6.08 Å². The standard InChI is InChI=1S/C21H17ClFNO4S/c1-3-8-28-17-7-4-13(9-18(17)27-2)10-19-20(25)24(21(26)29-19)12-14-5-6-15(23)11-16(14)22/h3-7,9-11H,1,8,12H2,2H3/b19-10-. The van der Waals surface area contributed by atoms with Gasteiger partial charge in [-0.2, -0.15) is 0 Å². The Bertz CT molecular complexity index is 1010. The molecular weight excluding hydrogens is 417 g/mol. The molecule has 3 rings (SSSR count). The average Bonchev–Trinajstić information content (AvgIpc) is 2.96. The lowest BCUT2D eigenvalue weighted by Crippen LogP contribution is -2.27. The van der Waals surface area contributed by atoms with Gasteiger partial charge in [0.05, 0.1) is 18.6 Å². The molecule has 1 aliphatic heterocycles. The zero-order chi connectivity index (χ0) is 21.0. The van der Waals surface area contributed by atoms with Crippen LogP contribution >= 0.6 is 23.4 Å². The second kappa shape index (κ2) is 9.15. The van der Waals surface area contributed by atoms with E-state index in [1.807, 2.05) is 0 Å². The minimum Gasteiger partial charge on any atom is -0.493 e. The topological polar surface area (TPSA) is 55.8 Å². The number of amides is 2. The monoisotopic (exact) mass is 433 g/mol. The summed E-state index contributed by atoms with van der Waals surface area (Å²) in [6.45, 7) is 3.91. The predicted molar refractivity (Wildman–Crippen MR) is 112 cm³/mol. The van der Waals surface area contributed by atoms with Gasteiger partial charge in [-0.1, -0.05) is 36.4 Å². The van der Waals surface area contributed by atoms with Gasteiger partial charge in [0.1, 0.15) is 12.4 Å². The largest absolute Gasteiger partial charge is 0.493 e. The number of halogens is 2. The Kier molecular flexibility index (Phi) is 6.61. The number of methoxy groups -OCH3 is 1. The van der Waals surface area contributed by atoms with E-state index in [1.54, 1.807) is 30.4 Å². The van der Waals surface area contributed by atoms with E-state index < -0.39 is 17.0 Å². The van der Waals surface area contributed by atoms with Crippen molar-refractivity contribution in [2.75, 3.05) is 13.7 Å². The first kappa shape index (κ1) is 21.0. The van der Waals surface area contributed by atoms with E-state index in [2.05, 4.69) is 6.58 Å². The van der Waals surface area contributed by atoms with E-state index in [4.69, 9.17) is 21.1 Å². The van der Waals surface area contributed by atoms with Gasteiger partial charge in [0.2, 0.25) is 0 Å². The Hall–Kier alpha value is -2.77. The zero-order valence-electron chi connectivity index (χ0n) is 15.5. The second-order valence-corrected chi connectivity index (χ2v) is 7.41. The zero-order valence-corrected chi connectivity index (χ0v) is 17.1. The van der Waals surface area contributed by atoms with Crippen LogP contribution in [0.3, 0.4) is 0 Å². The van der Waals surface area contributed by atoms with E-state index in [1.165, 1.54) is 19.2 Å².